The topological polar surface area (TPSA) is 107 Å². The number of likely N-dealkylation sites (tertiary alicyclic amines) is 1. The van der Waals surface area contributed by atoms with Crippen LogP contribution < -0.4 is 10.6 Å². The van der Waals surface area contributed by atoms with Gasteiger partial charge in [-0.2, -0.15) is 0 Å². The molecule has 208 valence electrons. The number of carbonyl (C=O) groups excluding carboxylic acids is 3. The van der Waals surface area contributed by atoms with Crippen molar-refractivity contribution in [2.75, 3.05) is 6.54 Å². The monoisotopic (exact) mass is 527 g/mol. The highest BCUT2D eigenvalue weighted by molar-refractivity contribution is 5.92. The van der Waals surface area contributed by atoms with E-state index in [1.807, 2.05) is 31.7 Å². The van der Waals surface area contributed by atoms with Gasteiger partial charge in [-0.1, -0.05) is 26.8 Å². The predicted molar refractivity (Wildman–Crippen MR) is 146 cm³/mol. The third kappa shape index (κ3) is 7.88. The van der Waals surface area contributed by atoms with Gasteiger partial charge in [-0.25, -0.2) is 9.37 Å². The molecule has 1 aliphatic heterocycles. The van der Waals surface area contributed by atoms with E-state index in [1.165, 1.54) is 12.3 Å². The van der Waals surface area contributed by atoms with Crippen LogP contribution in [0, 0.1) is 18.7 Å². The van der Waals surface area contributed by atoms with E-state index in [-0.39, 0.29) is 36.5 Å². The van der Waals surface area contributed by atoms with Gasteiger partial charge in [0.05, 0.1) is 24.4 Å². The van der Waals surface area contributed by atoms with Crippen molar-refractivity contribution in [3.63, 3.8) is 0 Å². The van der Waals surface area contributed by atoms with Crippen LogP contribution in [-0.4, -0.2) is 51.2 Å². The Bertz CT molecular complexity index is 1120. The first-order valence-corrected chi connectivity index (χ1v) is 13.8. The average molecular weight is 528 g/mol. The Morgan fingerprint density at radius 2 is 1.95 bits per heavy atom. The van der Waals surface area contributed by atoms with Crippen molar-refractivity contribution in [2.45, 2.75) is 97.7 Å². The van der Waals surface area contributed by atoms with Crippen LogP contribution in [0.15, 0.2) is 24.4 Å². The molecule has 2 heterocycles. The predicted octanol–water partition coefficient (Wildman–Crippen LogP) is 4.80. The molecule has 0 saturated carbocycles. The number of carbonyl (C=O) groups is 3. The van der Waals surface area contributed by atoms with Crippen LogP contribution in [-0.2, 0) is 14.4 Å². The lowest BCUT2D eigenvalue weighted by Gasteiger charge is -2.36. The Labute approximate surface area is 225 Å². The summed E-state index contributed by atoms with van der Waals surface area (Å²) in [6, 6.07) is 3.58. The molecular formula is C29H42FN5O3. The molecule has 9 heteroatoms. The minimum Gasteiger partial charge on any atom is -0.345 e. The van der Waals surface area contributed by atoms with E-state index in [4.69, 9.17) is 0 Å². The molecule has 3 rings (SSSR count). The molecule has 1 fully saturated rings. The Morgan fingerprint density at radius 1 is 1.18 bits per heavy atom. The molecule has 0 bridgehead atoms. The quantitative estimate of drug-likeness (QED) is 0.390. The van der Waals surface area contributed by atoms with E-state index in [0.717, 1.165) is 31.2 Å². The van der Waals surface area contributed by atoms with E-state index in [1.54, 1.807) is 13.0 Å². The third-order valence-corrected chi connectivity index (χ3v) is 7.18. The van der Waals surface area contributed by atoms with E-state index in [2.05, 4.69) is 27.5 Å². The van der Waals surface area contributed by atoms with Gasteiger partial charge >= 0.3 is 0 Å². The average Bonchev–Trinajstić information content (AvgIpc) is 3.37. The number of aromatic nitrogens is 2. The van der Waals surface area contributed by atoms with E-state index in [0.29, 0.717) is 36.0 Å². The molecule has 1 saturated heterocycles. The van der Waals surface area contributed by atoms with Gasteiger partial charge in [0.15, 0.2) is 0 Å². The number of piperidine rings is 1. The van der Waals surface area contributed by atoms with Gasteiger partial charge in [0, 0.05) is 24.6 Å². The fourth-order valence-electron chi connectivity index (χ4n) is 4.86. The van der Waals surface area contributed by atoms with E-state index in [9.17, 15) is 18.8 Å². The molecule has 3 N–H and O–H groups in total. The number of hydrogen-bond acceptors (Lipinski definition) is 4. The molecule has 0 unspecified atom stereocenters. The number of halogens is 1. The molecular weight excluding hydrogens is 485 g/mol. The van der Waals surface area contributed by atoms with Crippen molar-refractivity contribution in [1.29, 1.82) is 0 Å². The van der Waals surface area contributed by atoms with Crippen molar-refractivity contribution >= 4 is 17.7 Å². The molecule has 1 aromatic carbocycles. The van der Waals surface area contributed by atoms with Gasteiger partial charge < -0.3 is 20.5 Å². The molecule has 3 amide bonds. The van der Waals surface area contributed by atoms with Crippen LogP contribution in [0.25, 0.3) is 11.3 Å². The summed E-state index contributed by atoms with van der Waals surface area (Å²) in [5, 5.41) is 5.67. The normalized spacial score (nSPS) is 17.2. The molecule has 0 aliphatic carbocycles. The number of imidazole rings is 1. The van der Waals surface area contributed by atoms with Gasteiger partial charge in [-0.05, 0) is 69.6 Å². The maximum absolute atomic E-state index is 14.4. The second-order valence-corrected chi connectivity index (χ2v) is 10.8. The highest BCUT2D eigenvalue weighted by Crippen LogP contribution is 2.24. The van der Waals surface area contributed by atoms with Crippen molar-refractivity contribution in [3.8, 4) is 11.3 Å². The second kappa shape index (κ2) is 13.5. The molecule has 8 nitrogen and oxygen atoms in total. The van der Waals surface area contributed by atoms with Crippen LogP contribution in [0.3, 0.4) is 0 Å². The summed E-state index contributed by atoms with van der Waals surface area (Å²) in [7, 11) is 0. The minimum atomic E-state index is -0.993. The van der Waals surface area contributed by atoms with Crippen molar-refractivity contribution < 1.29 is 18.8 Å². The zero-order valence-electron chi connectivity index (χ0n) is 23.3. The lowest BCUT2D eigenvalue weighted by atomic mass is 9.98. The number of benzene rings is 1. The van der Waals surface area contributed by atoms with Crippen molar-refractivity contribution in [1.82, 2.24) is 25.5 Å². The maximum Gasteiger partial charge on any atom is 0.243 e. The Balaban J connectivity index is 1.72. The number of nitrogens with zero attached hydrogens (tertiary/aromatic N) is 2. The lowest BCUT2D eigenvalue weighted by molar-refractivity contribution is -0.139. The Morgan fingerprint density at radius 3 is 2.63 bits per heavy atom. The molecule has 0 spiro atoms. The van der Waals surface area contributed by atoms with Crippen molar-refractivity contribution in [2.24, 2.45) is 5.92 Å². The SMILES string of the molecule is CC[C@H]1CCCCN1C(=O)C[C@H](NC(=O)CCC(C)C)C(=O)N[C@@H](C)c1ncc(-c2ccc(C)cc2F)[nH]1. The van der Waals surface area contributed by atoms with Crippen LogP contribution >= 0.6 is 0 Å². The highest BCUT2D eigenvalue weighted by Gasteiger charge is 2.31. The summed E-state index contributed by atoms with van der Waals surface area (Å²) in [6.45, 7) is 10.4. The molecule has 0 radical (unpaired) electrons. The van der Waals surface area contributed by atoms with Gasteiger partial charge in [0.1, 0.15) is 17.7 Å². The molecule has 1 aromatic heterocycles. The summed E-state index contributed by atoms with van der Waals surface area (Å²) < 4.78 is 14.4. The zero-order valence-corrected chi connectivity index (χ0v) is 23.3. The number of rotatable bonds is 11. The molecule has 38 heavy (non-hydrogen) atoms. The minimum absolute atomic E-state index is 0.0968. The number of H-pyrrole nitrogens is 1. The van der Waals surface area contributed by atoms with Crippen LogP contribution in [0.2, 0.25) is 0 Å². The molecule has 1 aliphatic rings. The summed E-state index contributed by atoms with van der Waals surface area (Å²) in [6.07, 6.45) is 6.27. The summed E-state index contributed by atoms with van der Waals surface area (Å²) >= 11 is 0. The van der Waals surface area contributed by atoms with E-state index < -0.39 is 18.0 Å². The second-order valence-electron chi connectivity index (χ2n) is 10.8. The zero-order chi connectivity index (χ0) is 27.8. The van der Waals surface area contributed by atoms with Crippen LogP contribution in [0.4, 0.5) is 4.39 Å². The fourth-order valence-corrected chi connectivity index (χ4v) is 4.86. The Hall–Kier alpha value is -3.23. The fraction of sp³-hybridized carbons (Fsp3) is 0.586. The molecule has 2 aromatic rings. The lowest BCUT2D eigenvalue weighted by Crippen LogP contribution is -2.52. The number of amides is 3. The Kier molecular flexibility index (Phi) is 10.4. The summed E-state index contributed by atoms with van der Waals surface area (Å²) in [5.74, 6) is -0.383. The largest absolute Gasteiger partial charge is 0.345 e. The number of hydrogen-bond donors (Lipinski definition) is 3. The summed E-state index contributed by atoms with van der Waals surface area (Å²) in [5.41, 5.74) is 1.71. The van der Waals surface area contributed by atoms with E-state index >= 15 is 0 Å². The van der Waals surface area contributed by atoms with Gasteiger partial charge in [0.2, 0.25) is 17.7 Å². The summed E-state index contributed by atoms with van der Waals surface area (Å²) in [4.78, 5) is 48.5. The third-order valence-electron chi connectivity index (χ3n) is 7.18. The number of nitrogens with one attached hydrogen (secondary N) is 3. The number of aromatic amines is 1. The van der Waals surface area contributed by atoms with Crippen molar-refractivity contribution in [3.05, 3.63) is 41.6 Å². The van der Waals surface area contributed by atoms with Gasteiger partial charge in [-0.15, -0.1) is 0 Å². The van der Waals surface area contributed by atoms with Gasteiger partial charge in [0.25, 0.3) is 0 Å². The maximum atomic E-state index is 14.4. The standard InChI is InChI=1S/C29H42FN5O3/c1-6-21-9-7-8-14-35(21)27(37)16-24(33-26(36)13-10-18(2)3)29(38)32-20(5)28-31-17-25(34-28)22-12-11-19(4)15-23(22)30/h11-12,15,17-18,20-21,24H,6-10,13-14,16H2,1-5H3,(H,31,34)(H,32,38)(H,33,36)/t20-,21-,24-/m0/s1. The first kappa shape index (κ1) is 29.3. The molecule has 3 atom stereocenters. The van der Waals surface area contributed by atoms with Crippen LogP contribution in [0.5, 0.6) is 0 Å². The smallest absolute Gasteiger partial charge is 0.243 e. The number of aryl methyl sites for hydroxylation is 1. The van der Waals surface area contributed by atoms with Gasteiger partial charge in [-0.3, -0.25) is 14.4 Å². The first-order chi connectivity index (χ1) is 18.1. The first-order valence-electron chi connectivity index (χ1n) is 13.8. The highest BCUT2D eigenvalue weighted by atomic mass is 19.1. The van der Waals surface area contributed by atoms with Crippen LogP contribution in [0.1, 0.15) is 90.1 Å².